The average Bonchev–Trinajstić information content (AvgIpc) is 3.39. The summed E-state index contributed by atoms with van der Waals surface area (Å²) in [6.45, 7) is 2.16. The maximum Gasteiger partial charge on any atom is 0.418 e. The number of hydrogen-bond donors (Lipinski definition) is 2. The van der Waals surface area contributed by atoms with E-state index in [1.807, 2.05) is 12.1 Å². The molecule has 3 aromatic heterocycles. The van der Waals surface area contributed by atoms with Crippen molar-refractivity contribution in [2.24, 2.45) is 0 Å². The molecular weight excluding hydrogens is 499 g/mol. The number of ether oxygens (including phenoxy) is 1. The number of rotatable bonds is 4. The second-order valence-electron chi connectivity index (χ2n) is 8.94. The number of nitrogens with one attached hydrogen (secondary N) is 2. The van der Waals surface area contributed by atoms with Gasteiger partial charge in [-0.25, -0.2) is 9.67 Å². The van der Waals surface area contributed by atoms with Crippen molar-refractivity contribution in [1.82, 2.24) is 30.3 Å². The van der Waals surface area contributed by atoms with Crippen LogP contribution in [0.25, 0.3) is 38.8 Å². The number of nitrogens with zero attached hydrogens (tertiary/aromatic N) is 5. The Morgan fingerprint density at radius 2 is 1.79 bits per heavy atom. The monoisotopic (exact) mass is 521 g/mol. The molecule has 0 atom stereocenters. The maximum atomic E-state index is 14.2. The minimum Gasteiger partial charge on any atom is -0.481 e. The lowest BCUT2D eigenvalue weighted by molar-refractivity contribution is -0.137. The van der Waals surface area contributed by atoms with Gasteiger partial charge in [0.15, 0.2) is 5.52 Å². The number of benzene rings is 2. The molecule has 38 heavy (non-hydrogen) atoms. The first-order valence-corrected chi connectivity index (χ1v) is 11.9. The number of anilines is 1. The minimum atomic E-state index is -4.58. The molecule has 5 aromatic rings. The molecule has 0 aliphatic carbocycles. The Balaban J connectivity index is 1.50. The van der Waals surface area contributed by atoms with E-state index in [-0.39, 0.29) is 16.9 Å². The Bertz CT molecular complexity index is 1710. The second kappa shape index (κ2) is 9.14. The SMILES string of the molecule is COc1ccc(-c2ccc3c(c2)[nH]c(=O)c2nnn(-c4ccc(N5CCNCC5)c(C(F)(F)F)c4)c23)cn1. The van der Waals surface area contributed by atoms with E-state index in [1.54, 1.807) is 35.4 Å². The number of hydrogen-bond acceptors (Lipinski definition) is 7. The van der Waals surface area contributed by atoms with Crippen molar-refractivity contribution < 1.29 is 17.9 Å². The molecule has 0 unspecified atom stereocenters. The molecule has 0 saturated carbocycles. The van der Waals surface area contributed by atoms with Gasteiger partial charge in [-0.3, -0.25) is 4.79 Å². The first kappa shape index (κ1) is 23.9. The Morgan fingerprint density at radius 3 is 2.50 bits per heavy atom. The highest BCUT2D eigenvalue weighted by molar-refractivity contribution is 6.03. The van der Waals surface area contributed by atoms with E-state index in [9.17, 15) is 18.0 Å². The lowest BCUT2D eigenvalue weighted by atomic mass is 10.0. The van der Waals surface area contributed by atoms with Crippen LogP contribution in [0.15, 0.2) is 59.5 Å². The number of fused-ring (bicyclic) bond motifs is 3. The predicted octanol–water partition coefficient (Wildman–Crippen LogP) is 3.76. The number of H-pyrrole nitrogens is 1. The van der Waals surface area contributed by atoms with E-state index < -0.39 is 17.3 Å². The van der Waals surface area contributed by atoms with Crippen molar-refractivity contribution in [3.63, 3.8) is 0 Å². The molecule has 2 N–H and O–H groups in total. The Hall–Kier alpha value is -4.45. The molecule has 1 aliphatic rings. The van der Waals surface area contributed by atoms with Crippen LogP contribution in [0, 0.1) is 0 Å². The van der Waals surface area contributed by atoms with Crippen LogP contribution in [0.3, 0.4) is 0 Å². The molecule has 12 heteroatoms. The summed E-state index contributed by atoms with van der Waals surface area (Å²) >= 11 is 0. The van der Waals surface area contributed by atoms with Crippen LogP contribution < -0.4 is 20.5 Å². The molecule has 0 spiro atoms. The summed E-state index contributed by atoms with van der Waals surface area (Å²) in [5.41, 5.74) is 1.48. The van der Waals surface area contributed by atoms with E-state index in [0.29, 0.717) is 48.5 Å². The van der Waals surface area contributed by atoms with Crippen molar-refractivity contribution >= 4 is 27.6 Å². The second-order valence-corrected chi connectivity index (χ2v) is 8.94. The van der Waals surface area contributed by atoms with Crippen molar-refractivity contribution in [3.05, 3.63) is 70.6 Å². The minimum absolute atomic E-state index is 0.0381. The van der Waals surface area contributed by atoms with E-state index in [4.69, 9.17) is 4.74 Å². The molecule has 194 valence electrons. The van der Waals surface area contributed by atoms with Crippen LogP contribution in [-0.2, 0) is 6.18 Å². The summed E-state index contributed by atoms with van der Waals surface area (Å²) in [6, 6.07) is 13.1. The van der Waals surface area contributed by atoms with Gasteiger partial charge < -0.3 is 19.9 Å². The first-order valence-electron chi connectivity index (χ1n) is 11.9. The van der Waals surface area contributed by atoms with E-state index in [1.165, 1.54) is 17.9 Å². The molecule has 1 saturated heterocycles. The molecule has 9 nitrogen and oxygen atoms in total. The molecule has 1 fully saturated rings. The Morgan fingerprint density at radius 1 is 1.00 bits per heavy atom. The summed E-state index contributed by atoms with van der Waals surface area (Å²) in [5.74, 6) is 0.473. The summed E-state index contributed by atoms with van der Waals surface area (Å²) in [5, 5.41) is 11.8. The van der Waals surface area contributed by atoms with Crippen molar-refractivity contribution in [2.75, 3.05) is 38.2 Å². The molecule has 6 rings (SSSR count). The Kier molecular flexibility index (Phi) is 5.75. The zero-order chi connectivity index (χ0) is 26.4. The highest BCUT2D eigenvalue weighted by Crippen LogP contribution is 2.38. The summed E-state index contributed by atoms with van der Waals surface area (Å²) in [7, 11) is 1.53. The van der Waals surface area contributed by atoms with E-state index >= 15 is 0 Å². The normalized spacial score (nSPS) is 14.4. The van der Waals surface area contributed by atoms with Gasteiger partial charge in [0.25, 0.3) is 5.56 Å². The zero-order valence-electron chi connectivity index (χ0n) is 20.2. The maximum absolute atomic E-state index is 14.2. The fourth-order valence-corrected chi connectivity index (χ4v) is 4.81. The fourth-order valence-electron chi connectivity index (χ4n) is 4.81. The molecular formula is C26H22F3N7O2. The van der Waals surface area contributed by atoms with Gasteiger partial charge in [-0.15, -0.1) is 5.10 Å². The predicted molar refractivity (Wildman–Crippen MR) is 137 cm³/mol. The van der Waals surface area contributed by atoms with Crippen LogP contribution in [-0.4, -0.2) is 58.3 Å². The number of methoxy groups -OCH3 is 1. The number of alkyl halides is 3. The standard InChI is InChI=1S/C26H22F3N7O2/c1-38-22-7-3-16(14-31-22)15-2-5-18-20(12-15)32-25(37)23-24(18)36(34-33-23)17-4-6-21(19(13-17)26(27,28)29)35-10-8-30-9-11-35/h2-7,12-14,30H,8-11H2,1H3,(H,32,37). The number of aromatic nitrogens is 5. The smallest absolute Gasteiger partial charge is 0.418 e. The van der Waals surface area contributed by atoms with Crippen molar-refractivity contribution in [2.45, 2.75) is 6.18 Å². The van der Waals surface area contributed by atoms with Crippen molar-refractivity contribution in [1.29, 1.82) is 0 Å². The van der Waals surface area contributed by atoms with Crippen molar-refractivity contribution in [3.8, 4) is 22.7 Å². The third-order valence-corrected chi connectivity index (χ3v) is 6.67. The van der Waals surface area contributed by atoms with Crippen LogP contribution in [0.1, 0.15) is 5.56 Å². The lowest BCUT2D eigenvalue weighted by Crippen LogP contribution is -2.44. The van der Waals surface area contributed by atoms with Gasteiger partial charge in [0.1, 0.15) is 5.52 Å². The molecule has 0 radical (unpaired) electrons. The number of halogens is 3. The number of piperazine rings is 1. The molecule has 0 bridgehead atoms. The quantitative estimate of drug-likeness (QED) is 0.372. The number of pyridine rings is 2. The fraction of sp³-hybridized carbons (Fsp3) is 0.231. The average molecular weight is 522 g/mol. The Labute approximate surface area is 213 Å². The van der Waals surface area contributed by atoms with Gasteiger partial charge in [-0.2, -0.15) is 13.2 Å². The van der Waals surface area contributed by atoms with E-state index in [2.05, 4.69) is 25.6 Å². The highest BCUT2D eigenvalue weighted by Gasteiger charge is 2.36. The third-order valence-electron chi connectivity index (χ3n) is 6.67. The topological polar surface area (TPSA) is 101 Å². The molecule has 0 amide bonds. The van der Waals surface area contributed by atoms with E-state index in [0.717, 1.165) is 17.2 Å². The summed E-state index contributed by atoms with van der Waals surface area (Å²) in [6.07, 6.45) is -2.92. The lowest BCUT2D eigenvalue weighted by Gasteiger charge is -2.31. The summed E-state index contributed by atoms with van der Waals surface area (Å²) < 4.78 is 48.9. The van der Waals surface area contributed by atoms with Crippen LogP contribution in [0.5, 0.6) is 5.88 Å². The first-order chi connectivity index (χ1) is 18.3. The van der Waals surface area contributed by atoms with Crippen LogP contribution >= 0.6 is 0 Å². The van der Waals surface area contributed by atoms with Gasteiger partial charge >= 0.3 is 6.18 Å². The summed E-state index contributed by atoms with van der Waals surface area (Å²) in [4.78, 5) is 21.6. The van der Waals surface area contributed by atoms with Crippen LogP contribution in [0.2, 0.25) is 0 Å². The highest BCUT2D eigenvalue weighted by atomic mass is 19.4. The zero-order valence-corrected chi connectivity index (χ0v) is 20.2. The third kappa shape index (κ3) is 4.12. The van der Waals surface area contributed by atoms with Gasteiger partial charge in [0, 0.05) is 55.1 Å². The molecule has 4 heterocycles. The largest absolute Gasteiger partial charge is 0.481 e. The van der Waals surface area contributed by atoms with Gasteiger partial charge in [-0.1, -0.05) is 17.3 Å². The number of aromatic amines is 1. The molecule has 1 aliphatic heterocycles. The van der Waals surface area contributed by atoms with Crippen LogP contribution in [0.4, 0.5) is 18.9 Å². The van der Waals surface area contributed by atoms with Gasteiger partial charge in [0.05, 0.1) is 23.9 Å². The molecule has 2 aromatic carbocycles. The van der Waals surface area contributed by atoms with Gasteiger partial charge in [-0.05, 0) is 35.9 Å². The van der Waals surface area contributed by atoms with Gasteiger partial charge in [0.2, 0.25) is 5.88 Å².